The largest absolute Gasteiger partial charge is 0.267 e. The summed E-state index contributed by atoms with van der Waals surface area (Å²) in [6.45, 7) is 1.93. The molecule has 0 N–H and O–H groups in total. The SMILES string of the molecule is C[C@H]1Cc2cc(-c3csc(C(C#N)=C4CCCC4)n3)ccc2N1S(C)(=O)=O. The van der Waals surface area contributed by atoms with Crippen molar-refractivity contribution in [1.29, 1.82) is 5.26 Å². The molecule has 0 unspecified atom stereocenters. The third-order valence-electron chi connectivity index (χ3n) is 5.28. The second-order valence-corrected chi connectivity index (χ2v) is 10.0. The van der Waals surface area contributed by atoms with E-state index in [1.807, 2.05) is 30.5 Å². The van der Waals surface area contributed by atoms with E-state index in [0.717, 1.165) is 58.8 Å². The van der Waals surface area contributed by atoms with Crippen LogP contribution in [0.25, 0.3) is 16.8 Å². The topological polar surface area (TPSA) is 74.1 Å². The number of aromatic nitrogens is 1. The van der Waals surface area contributed by atoms with Crippen molar-refractivity contribution in [2.75, 3.05) is 10.6 Å². The number of allylic oxidation sites excluding steroid dienone is 2. The minimum atomic E-state index is -3.28. The van der Waals surface area contributed by atoms with Crippen molar-refractivity contribution in [3.05, 3.63) is 39.7 Å². The highest BCUT2D eigenvalue weighted by atomic mass is 32.2. The van der Waals surface area contributed by atoms with Crippen molar-refractivity contribution < 1.29 is 8.42 Å². The highest BCUT2D eigenvalue weighted by Crippen LogP contribution is 2.38. The van der Waals surface area contributed by atoms with Gasteiger partial charge < -0.3 is 0 Å². The molecule has 4 rings (SSSR count). The summed E-state index contributed by atoms with van der Waals surface area (Å²) in [5.74, 6) is 0. The summed E-state index contributed by atoms with van der Waals surface area (Å²) in [5, 5.41) is 12.3. The van der Waals surface area contributed by atoms with Crippen LogP contribution in [0.4, 0.5) is 5.69 Å². The van der Waals surface area contributed by atoms with Gasteiger partial charge in [0.15, 0.2) is 0 Å². The van der Waals surface area contributed by atoms with Crippen molar-refractivity contribution in [3.63, 3.8) is 0 Å². The third-order valence-corrected chi connectivity index (χ3v) is 7.41. The fourth-order valence-corrected chi connectivity index (χ4v) is 6.25. The molecule has 1 aromatic carbocycles. The maximum atomic E-state index is 12.1. The van der Waals surface area contributed by atoms with Crippen LogP contribution >= 0.6 is 11.3 Å². The molecule has 0 spiro atoms. The Balaban J connectivity index is 1.69. The van der Waals surface area contributed by atoms with Gasteiger partial charge in [-0.25, -0.2) is 13.4 Å². The molecular formula is C20H21N3O2S2. The van der Waals surface area contributed by atoms with Crippen LogP contribution in [0.2, 0.25) is 0 Å². The van der Waals surface area contributed by atoms with E-state index in [2.05, 4.69) is 6.07 Å². The minimum absolute atomic E-state index is 0.0754. The third kappa shape index (κ3) is 3.28. The summed E-state index contributed by atoms with van der Waals surface area (Å²) in [7, 11) is -3.28. The first kappa shape index (κ1) is 18.2. The molecule has 1 saturated carbocycles. The summed E-state index contributed by atoms with van der Waals surface area (Å²) in [6.07, 6.45) is 6.24. The lowest BCUT2D eigenvalue weighted by Crippen LogP contribution is -2.34. The van der Waals surface area contributed by atoms with Gasteiger partial charge in [0.1, 0.15) is 11.1 Å². The van der Waals surface area contributed by atoms with Gasteiger partial charge in [0, 0.05) is 17.0 Å². The smallest absolute Gasteiger partial charge is 0.232 e. The minimum Gasteiger partial charge on any atom is -0.267 e. The maximum Gasteiger partial charge on any atom is 0.232 e. The number of benzene rings is 1. The molecule has 1 fully saturated rings. The molecule has 1 aliphatic heterocycles. The first-order valence-corrected chi connectivity index (χ1v) is 11.8. The fraction of sp³-hybridized carbons (Fsp3) is 0.400. The number of sulfonamides is 1. The zero-order valence-corrected chi connectivity index (χ0v) is 17.0. The average molecular weight is 400 g/mol. The average Bonchev–Trinajstić information content (AvgIpc) is 3.33. The first-order valence-electron chi connectivity index (χ1n) is 9.09. The van der Waals surface area contributed by atoms with Gasteiger partial charge in [0.25, 0.3) is 0 Å². The molecular weight excluding hydrogens is 378 g/mol. The van der Waals surface area contributed by atoms with Gasteiger partial charge in [-0.05, 0) is 62.3 Å². The molecule has 1 atom stereocenters. The molecule has 27 heavy (non-hydrogen) atoms. The summed E-state index contributed by atoms with van der Waals surface area (Å²) in [5.41, 5.74) is 5.55. The second kappa shape index (κ2) is 6.77. The maximum absolute atomic E-state index is 12.1. The Bertz CT molecular complexity index is 1070. The van der Waals surface area contributed by atoms with E-state index >= 15 is 0 Å². The molecule has 2 aromatic rings. The Hall–Kier alpha value is -2.17. The molecule has 0 radical (unpaired) electrons. The molecule has 2 heterocycles. The van der Waals surface area contributed by atoms with Gasteiger partial charge >= 0.3 is 0 Å². The van der Waals surface area contributed by atoms with Crippen molar-refractivity contribution in [3.8, 4) is 17.3 Å². The molecule has 1 aromatic heterocycles. The lowest BCUT2D eigenvalue weighted by Gasteiger charge is -2.21. The van der Waals surface area contributed by atoms with Gasteiger partial charge in [-0.15, -0.1) is 11.3 Å². The predicted octanol–water partition coefficient (Wildman–Crippen LogP) is 4.37. The van der Waals surface area contributed by atoms with E-state index < -0.39 is 10.0 Å². The zero-order valence-electron chi connectivity index (χ0n) is 15.4. The highest BCUT2D eigenvalue weighted by molar-refractivity contribution is 7.92. The van der Waals surface area contributed by atoms with E-state index in [0.29, 0.717) is 6.42 Å². The number of thiazole rings is 1. The molecule has 2 aliphatic rings. The number of rotatable bonds is 3. The van der Waals surface area contributed by atoms with Crippen molar-refractivity contribution in [1.82, 2.24) is 4.98 Å². The van der Waals surface area contributed by atoms with Gasteiger partial charge in [0.2, 0.25) is 10.0 Å². The summed E-state index contributed by atoms with van der Waals surface area (Å²) < 4.78 is 25.7. The Labute approximate surface area is 164 Å². The quantitative estimate of drug-likeness (QED) is 0.718. The van der Waals surface area contributed by atoms with E-state index in [4.69, 9.17) is 4.98 Å². The molecule has 7 heteroatoms. The lowest BCUT2D eigenvalue weighted by atomic mass is 10.1. The molecule has 0 saturated heterocycles. The van der Waals surface area contributed by atoms with Gasteiger partial charge in [-0.2, -0.15) is 5.26 Å². The Morgan fingerprint density at radius 2 is 2.07 bits per heavy atom. The zero-order chi connectivity index (χ0) is 19.2. The van der Waals surface area contributed by atoms with Gasteiger partial charge in [-0.1, -0.05) is 6.07 Å². The van der Waals surface area contributed by atoms with Crippen LogP contribution < -0.4 is 4.31 Å². The Kier molecular flexibility index (Phi) is 4.57. The van der Waals surface area contributed by atoms with Crippen molar-refractivity contribution >= 4 is 32.6 Å². The molecule has 1 aliphatic carbocycles. The molecule has 0 bridgehead atoms. The lowest BCUT2D eigenvalue weighted by molar-refractivity contribution is 0.590. The number of fused-ring (bicyclic) bond motifs is 1. The Morgan fingerprint density at radius 1 is 1.33 bits per heavy atom. The molecule has 140 valence electrons. The van der Waals surface area contributed by atoms with Crippen LogP contribution in [0.15, 0.2) is 29.2 Å². The van der Waals surface area contributed by atoms with Crippen LogP contribution in [0.3, 0.4) is 0 Å². The molecule has 5 nitrogen and oxygen atoms in total. The standard InChI is InChI=1S/C20H21N3O2S2/c1-13-9-16-10-15(7-8-19(16)23(13)27(2,24)25)18-12-26-20(22-18)17(11-21)14-5-3-4-6-14/h7-8,10,12-13H,3-6,9H2,1-2H3/t13-/m0/s1. The van der Waals surface area contributed by atoms with Crippen molar-refractivity contribution in [2.24, 2.45) is 0 Å². The van der Waals surface area contributed by atoms with E-state index in [-0.39, 0.29) is 6.04 Å². The normalized spacial score (nSPS) is 19.2. The van der Waals surface area contributed by atoms with Gasteiger partial charge in [0.05, 0.1) is 23.2 Å². The van der Waals surface area contributed by atoms with Crippen LogP contribution in [0.5, 0.6) is 0 Å². The number of anilines is 1. The summed E-state index contributed by atoms with van der Waals surface area (Å²) >= 11 is 1.50. The predicted molar refractivity (Wildman–Crippen MR) is 109 cm³/mol. The van der Waals surface area contributed by atoms with Crippen LogP contribution in [-0.2, 0) is 16.4 Å². The summed E-state index contributed by atoms with van der Waals surface area (Å²) in [4.78, 5) is 4.71. The van der Waals surface area contributed by atoms with E-state index in [1.54, 1.807) is 0 Å². The van der Waals surface area contributed by atoms with Crippen LogP contribution in [0, 0.1) is 11.3 Å². The number of nitriles is 1. The fourth-order valence-electron chi connectivity index (χ4n) is 4.12. The number of nitrogens with zero attached hydrogens (tertiary/aromatic N) is 3. The highest BCUT2D eigenvalue weighted by Gasteiger charge is 2.32. The number of hydrogen-bond donors (Lipinski definition) is 0. The van der Waals surface area contributed by atoms with Crippen LogP contribution in [0.1, 0.15) is 43.2 Å². The first-order chi connectivity index (χ1) is 12.9. The summed E-state index contributed by atoms with van der Waals surface area (Å²) in [6, 6.07) is 8.10. The Morgan fingerprint density at radius 3 is 2.74 bits per heavy atom. The van der Waals surface area contributed by atoms with Crippen molar-refractivity contribution in [2.45, 2.75) is 45.1 Å². The van der Waals surface area contributed by atoms with Crippen LogP contribution in [-0.4, -0.2) is 25.7 Å². The molecule has 0 amide bonds. The van der Waals surface area contributed by atoms with E-state index in [9.17, 15) is 13.7 Å². The number of hydrogen-bond acceptors (Lipinski definition) is 5. The van der Waals surface area contributed by atoms with E-state index in [1.165, 1.54) is 27.5 Å². The second-order valence-electron chi connectivity index (χ2n) is 7.29. The van der Waals surface area contributed by atoms with Gasteiger partial charge in [-0.3, -0.25) is 4.31 Å². The monoisotopic (exact) mass is 399 g/mol.